The molecule has 2 aliphatic heterocycles. The summed E-state index contributed by atoms with van der Waals surface area (Å²) in [6.45, 7) is 2.90. The Hall–Kier alpha value is -6.80. The van der Waals surface area contributed by atoms with E-state index in [1.165, 1.54) is 12.1 Å². The second-order valence-electron chi connectivity index (χ2n) is 17.0. The van der Waals surface area contributed by atoms with E-state index in [1.54, 1.807) is 6.08 Å². The lowest BCUT2D eigenvalue weighted by Crippen LogP contribution is -2.56. The number of ketones is 1. The molecule has 5 aliphatic rings. The minimum atomic E-state index is -1.94. The van der Waals surface area contributed by atoms with Gasteiger partial charge in [0.05, 0.1) is 28.4 Å². The first-order valence-electron chi connectivity index (χ1n) is 20.1. The van der Waals surface area contributed by atoms with Gasteiger partial charge in [0, 0.05) is 23.5 Å². The molecule has 10 N–H and O–H groups in total. The van der Waals surface area contributed by atoms with Crippen LogP contribution in [0, 0.1) is 22.7 Å². The van der Waals surface area contributed by atoms with Gasteiger partial charge in [-0.25, -0.2) is 9.59 Å². The number of thioether (sulfide) groups is 1. The number of carbonyl (C=O) groups excluding carboxylic acids is 6. The van der Waals surface area contributed by atoms with Crippen LogP contribution < -0.4 is 16.0 Å². The number of carboxylic acids is 1. The highest BCUT2D eigenvalue weighted by Crippen LogP contribution is 2.71. The molecule has 1 spiro atoms. The van der Waals surface area contributed by atoms with Crippen LogP contribution in [-0.4, -0.2) is 112 Å². The van der Waals surface area contributed by atoms with Gasteiger partial charge in [0.2, 0.25) is 11.0 Å². The molecular formula is C44H45N3O16S. The standard InChI is InChI=1S/C44H45N3O16S/c1-42(30(51)11-14-44-16-20-15-29(36(42)44)63-43(20,2)19-44)13-12-31(52)47-32-26(48)10-9-23(35(32)55)41(61)64-18-25(46-38(57)22-6-4-8-28(50)34(22)54)40(60)62-17-24(39(58)59)45-37(56)21-5-3-7-27(49)33(21)53/h3-11,14,20,24-25,29,36,48-50,53-55H,12-13,15-19H2,1-2H3,(H,45,56)(H,46,57)(H,47,52)(H,58,59). The van der Waals surface area contributed by atoms with Crippen molar-refractivity contribution in [1.82, 2.24) is 10.6 Å². The summed E-state index contributed by atoms with van der Waals surface area (Å²) in [7, 11) is 0. The highest BCUT2D eigenvalue weighted by molar-refractivity contribution is 8.14. The molecule has 2 saturated heterocycles. The molecule has 4 fully saturated rings. The number of ether oxygens (including phenoxy) is 2. The van der Waals surface area contributed by atoms with Gasteiger partial charge in [0.15, 0.2) is 40.6 Å². The Morgan fingerprint density at radius 2 is 1.45 bits per heavy atom. The van der Waals surface area contributed by atoms with Crippen LogP contribution in [0.15, 0.2) is 60.7 Å². The highest BCUT2D eigenvalue weighted by atomic mass is 32.2. The molecular weight excluding hydrogens is 859 g/mol. The average Bonchev–Trinajstić information content (AvgIpc) is 3.61. The lowest BCUT2D eigenvalue weighted by molar-refractivity contribution is -0.169. The smallest absolute Gasteiger partial charge is 0.329 e. The summed E-state index contributed by atoms with van der Waals surface area (Å²) in [5.74, 6) is -11.1. The Morgan fingerprint density at radius 1 is 0.828 bits per heavy atom. The van der Waals surface area contributed by atoms with Crippen molar-refractivity contribution >= 4 is 58.0 Å². The monoisotopic (exact) mass is 903 g/mol. The number of esters is 1. The minimum absolute atomic E-state index is 0.120. The number of rotatable bonds is 15. The quantitative estimate of drug-likeness (QED) is 0.0771. The molecule has 0 aromatic heterocycles. The van der Waals surface area contributed by atoms with E-state index in [-0.39, 0.29) is 41.7 Å². The van der Waals surface area contributed by atoms with E-state index in [9.17, 15) is 69.3 Å². The van der Waals surface area contributed by atoms with Gasteiger partial charge in [0.1, 0.15) is 24.1 Å². The Bertz CT molecular complexity index is 2510. The molecule has 19 nitrogen and oxygen atoms in total. The third kappa shape index (κ3) is 8.25. The van der Waals surface area contributed by atoms with Crippen molar-refractivity contribution in [1.29, 1.82) is 0 Å². The number of nitrogens with one attached hydrogen (secondary N) is 3. The summed E-state index contributed by atoms with van der Waals surface area (Å²) >= 11 is 0.344. The van der Waals surface area contributed by atoms with Crippen molar-refractivity contribution < 1.29 is 78.8 Å². The van der Waals surface area contributed by atoms with E-state index >= 15 is 0 Å². The second-order valence-corrected chi connectivity index (χ2v) is 18.0. The van der Waals surface area contributed by atoms with Gasteiger partial charge in [0.25, 0.3) is 11.8 Å². The number of anilines is 1. The Balaban J connectivity index is 1.03. The van der Waals surface area contributed by atoms with Gasteiger partial charge < -0.3 is 61.2 Å². The van der Waals surface area contributed by atoms with Crippen LogP contribution in [0.3, 0.4) is 0 Å². The van der Waals surface area contributed by atoms with Crippen molar-refractivity contribution in [2.75, 3.05) is 17.7 Å². The van der Waals surface area contributed by atoms with Crippen LogP contribution in [0.2, 0.25) is 0 Å². The number of hydrogen-bond acceptors (Lipinski definition) is 16. The fourth-order valence-corrected chi connectivity index (χ4v) is 10.7. The lowest BCUT2D eigenvalue weighted by Gasteiger charge is -2.55. The number of allylic oxidation sites excluding steroid dienone is 2. The second kappa shape index (κ2) is 17.1. The zero-order valence-electron chi connectivity index (χ0n) is 34.3. The Kier molecular flexibility index (Phi) is 12.1. The molecule has 8 unspecified atom stereocenters. The molecule has 2 heterocycles. The summed E-state index contributed by atoms with van der Waals surface area (Å²) in [5, 5.41) is 77.3. The number of benzene rings is 3. The number of aromatic hydroxyl groups is 6. The third-order valence-electron chi connectivity index (χ3n) is 12.9. The predicted octanol–water partition coefficient (Wildman–Crippen LogP) is 3.46. The topological polar surface area (TPSA) is 316 Å². The molecule has 3 aromatic carbocycles. The number of carbonyl (C=O) groups is 7. The fraction of sp³-hybridized carbons (Fsp3) is 0.386. The van der Waals surface area contributed by atoms with Crippen molar-refractivity contribution in [3.63, 3.8) is 0 Å². The van der Waals surface area contributed by atoms with Crippen molar-refractivity contribution in [3.05, 3.63) is 77.4 Å². The number of aliphatic carboxylic acids is 1. The van der Waals surface area contributed by atoms with Crippen molar-refractivity contribution in [3.8, 4) is 34.5 Å². The largest absolute Gasteiger partial charge is 0.506 e. The molecule has 3 aromatic rings. The summed E-state index contributed by atoms with van der Waals surface area (Å²) in [5.41, 5.74) is -3.36. The van der Waals surface area contributed by atoms with Crippen LogP contribution in [-0.2, 0) is 28.7 Å². The summed E-state index contributed by atoms with van der Waals surface area (Å²) < 4.78 is 11.6. The van der Waals surface area contributed by atoms with Gasteiger partial charge in [-0.05, 0) is 86.4 Å². The first kappa shape index (κ1) is 45.2. The van der Waals surface area contributed by atoms with Crippen LogP contribution in [0.4, 0.5) is 5.69 Å². The minimum Gasteiger partial charge on any atom is -0.506 e. The molecule has 8 rings (SSSR count). The molecule has 3 amide bonds. The van der Waals surface area contributed by atoms with E-state index < -0.39 is 122 Å². The fourth-order valence-electron chi connectivity index (χ4n) is 9.83. The Labute approximate surface area is 368 Å². The maximum absolute atomic E-state index is 13.6. The molecule has 0 radical (unpaired) electrons. The number of hydrogen-bond donors (Lipinski definition) is 10. The summed E-state index contributed by atoms with van der Waals surface area (Å²) in [6, 6.07) is 5.06. The zero-order chi connectivity index (χ0) is 46.5. The SMILES string of the molecule is CC12CC34C=CC(=O)C(C)(CCC(=O)Nc5c(O)ccc(C(=O)SCC(NC(=O)c6cccc(O)c6O)C(=O)OCC(NC(=O)c6cccc(O)c6O)C(=O)O)c5O)C3C(CC1C4)O2. The van der Waals surface area contributed by atoms with Gasteiger partial charge in [-0.3, -0.25) is 24.0 Å². The van der Waals surface area contributed by atoms with E-state index in [2.05, 4.69) is 17.6 Å². The van der Waals surface area contributed by atoms with E-state index in [4.69, 9.17) is 9.47 Å². The molecule has 2 saturated carbocycles. The third-order valence-corrected chi connectivity index (χ3v) is 13.9. The van der Waals surface area contributed by atoms with E-state index in [1.807, 2.05) is 18.3 Å². The van der Waals surface area contributed by atoms with Gasteiger partial charge in [-0.1, -0.05) is 36.9 Å². The summed E-state index contributed by atoms with van der Waals surface area (Å²) in [6.07, 6.45) is 5.96. The van der Waals surface area contributed by atoms with Crippen LogP contribution in [0.1, 0.15) is 77.0 Å². The normalized spacial score (nSPS) is 25.8. The first-order valence-corrected chi connectivity index (χ1v) is 21.1. The number of phenols is 6. The number of para-hydroxylation sites is 2. The summed E-state index contributed by atoms with van der Waals surface area (Å²) in [4.78, 5) is 91.8. The van der Waals surface area contributed by atoms with Crippen molar-refractivity contribution in [2.24, 2.45) is 22.7 Å². The maximum Gasteiger partial charge on any atom is 0.329 e. The molecule has 64 heavy (non-hydrogen) atoms. The number of carboxylic acid groups (broad SMARTS) is 1. The highest BCUT2D eigenvalue weighted by Gasteiger charge is 2.71. The molecule has 338 valence electrons. The molecule has 8 atom stereocenters. The Morgan fingerprint density at radius 3 is 2.06 bits per heavy atom. The van der Waals surface area contributed by atoms with Gasteiger partial charge >= 0.3 is 11.9 Å². The molecule has 20 heteroatoms. The van der Waals surface area contributed by atoms with Crippen LogP contribution in [0.25, 0.3) is 0 Å². The van der Waals surface area contributed by atoms with E-state index in [0.29, 0.717) is 17.7 Å². The van der Waals surface area contributed by atoms with Crippen molar-refractivity contribution in [2.45, 2.75) is 69.7 Å². The van der Waals surface area contributed by atoms with Gasteiger partial charge in [-0.2, -0.15) is 0 Å². The number of amides is 3. The van der Waals surface area contributed by atoms with E-state index in [0.717, 1.165) is 55.7 Å². The number of phenolic OH excluding ortho intramolecular Hbond substituents is 6. The zero-order valence-corrected chi connectivity index (χ0v) is 35.1. The van der Waals surface area contributed by atoms with Crippen LogP contribution >= 0.6 is 11.8 Å². The van der Waals surface area contributed by atoms with Gasteiger partial charge in [-0.15, -0.1) is 0 Å². The predicted molar refractivity (Wildman–Crippen MR) is 224 cm³/mol. The molecule has 3 aliphatic carbocycles. The van der Waals surface area contributed by atoms with Crippen LogP contribution in [0.5, 0.6) is 34.5 Å². The molecule has 4 bridgehead atoms. The maximum atomic E-state index is 13.6. The average molecular weight is 904 g/mol. The lowest BCUT2D eigenvalue weighted by atomic mass is 9.51. The first-order chi connectivity index (χ1) is 30.2.